The SMILES string of the molecule is CC(=O)N[C@H]1[C@H](O[C@@H]([C@H](O)[C@H](CNc2ccccn2)NC(C)=O)[C@H](O)CO[C@@H]2O[C@@H](C)[C@@H](O)[C@@H](O)[C@@H]2O)O[C@H](CO)[C@@H](O[C@@H]2O[C@H](CO[C@H]3O[C@H](CO)[C@@H](O)[C@H](O)[C@@H]3O[C@@H]3O[C@H](CO)[C@@H](O)[C@H](O)[C@H]3NC(C)=O)[C@@H](O[C@@H]3O[C@H](CO)[C@@H](O)[C@H](O)[C@H]3NC(C)=O)[C@H](O[C@H]3O[C@H](CO)[C@@H](O)[C@H](O)[C@@H]3O[C@@H]3O[C@H](CO)[C@@H](O)[C@H](O)[C@H]3NC(C)=O)[C@@H]2O)[C@@H]1O. The van der Waals surface area contributed by atoms with Crippen LogP contribution in [0.5, 0.6) is 0 Å². The minimum absolute atomic E-state index is 0.192. The molecular weight excluding hydrogens is 1630 g/mol. The van der Waals surface area contributed by atoms with Crippen LogP contribution in [0.3, 0.4) is 0 Å². The minimum atomic E-state index is -2.72. The van der Waals surface area contributed by atoms with Gasteiger partial charge in [0.25, 0.3) is 0 Å². The number of pyridine rings is 1. The van der Waals surface area contributed by atoms with Gasteiger partial charge in [0.2, 0.25) is 29.5 Å². The van der Waals surface area contributed by atoms with Gasteiger partial charge in [-0.2, -0.15) is 0 Å². The van der Waals surface area contributed by atoms with E-state index in [4.69, 9.17) is 75.8 Å². The highest BCUT2D eigenvalue weighted by Gasteiger charge is 2.61. The van der Waals surface area contributed by atoms with Crippen molar-refractivity contribution in [2.45, 2.75) is 311 Å². The fourth-order valence-corrected chi connectivity index (χ4v) is 15.0. The number of carbonyl (C=O) groups excluding carboxylic acids is 5. The van der Waals surface area contributed by atoms with Crippen molar-refractivity contribution < 1.29 is 217 Å². The first-order valence-corrected chi connectivity index (χ1v) is 38.4. The molecule has 0 bridgehead atoms. The molecule has 0 unspecified atom stereocenters. The quantitative estimate of drug-likeness (QED) is 0.0300. The maximum absolute atomic E-state index is 13.5. The standard InChI is InChI=1S/C69H113N7O44/c1-20-40(89)51(100)54(103)66(107-20)105-18-27(88)56(41(90)26(72-21(2)83)11-71-35-9-7-8-10-70-35)115-65-39(76-25(6)87)50(99)57(33(17-82)113-65)116-67-55(104)59(118-69-61(53(102)46(95)32(16-81)112-69)120-64-38(75-24(5)86)49(98)44(93)30(14-79)110-64)58(117-62-36(73-22(3)84)47(96)42(91)28(12-77)108-62)34(114-67)19-106-68-60(52(101)45(94)31(15-80)111-68)119-63-37(74-23(4)85)48(97)43(92)29(13-78)109-63/h7-10,20,26-34,36-69,77-82,88-104H,11-19H2,1-6H3,(H,70,71)(H,72,83)(H,73,84)(H,74,85)(H,75,86)(H,76,87)/t20-,26-,27+,28+,29+,30+,31+,32+,33+,34+,36+,37+,38+,39+,40+,41+,42+,43+,44+,45+,46+,47+,48+,49+,50+,51+,52-,53-,54-,55-,56+,57+,58+,59+,60-,61-,62-,63-,64-,65-,66+,67-,68-,69+/m0/s1. The number of aliphatic hydroxyl groups excluding tert-OH is 23. The van der Waals surface area contributed by atoms with Crippen LogP contribution in [0.4, 0.5) is 5.82 Å². The number of nitrogens with zero attached hydrogens (tertiary/aromatic N) is 1. The second kappa shape index (κ2) is 44.3. The van der Waals surface area contributed by atoms with Gasteiger partial charge in [0.05, 0.1) is 65.0 Å². The Morgan fingerprint density at radius 1 is 0.383 bits per heavy atom. The molecule has 1 aromatic rings. The second-order valence-corrected chi connectivity index (χ2v) is 30.1. The van der Waals surface area contributed by atoms with Gasteiger partial charge in [-0.25, -0.2) is 4.98 Å². The second-order valence-electron chi connectivity index (χ2n) is 30.1. The fourth-order valence-electron chi connectivity index (χ4n) is 15.0. The average molecular weight is 1740 g/mol. The summed E-state index contributed by atoms with van der Waals surface area (Å²) in [5.41, 5.74) is 0. The van der Waals surface area contributed by atoms with E-state index < -0.39 is 359 Å². The zero-order valence-electron chi connectivity index (χ0n) is 65.4. The van der Waals surface area contributed by atoms with Crippen molar-refractivity contribution in [1.82, 2.24) is 31.6 Å². The van der Waals surface area contributed by atoms with Gasteiger partial charge < -0.3 is 225 Å². The first-order chi connectivity index (χ1) is 56.8. The first kappa shape index (κ1) is 98.5. The molecule has 1 aromatic heterocycles. The molecule has 29 N–H and O–H groups in total. The van der Waals surface area contributed by atoms with E-state index in [1.54, 1.807) is 12.1 Å². The topological polar surface area (TPSA) is 783 Å². The molecule has 51 heteroatoms. The van der Waals surface area contributed by atoms with Gasteiger partial charge in [0.15, 0.2) is 50.3 Å². The number of anilines is 1. The number of ether oxygens (including phenoxy) is 16. The van der Waals surface area contributed by atoms with E-state index in [1.165, 1.54) is 19.2 Å². The zero-order valence-corrected chi connectivity index (χ0v) is 65.4. The Morgan fingerprint density at radius 3 is 1.23 bits per heavy atom. The van der Waals surface area contributed by atoms with Crippen molar-refractivity contribution in [1.29, 1.82) is 0 Å². The van der Waals surface area contributed by atoms with Gasteiger partial charge in [0, 0.05) is 47.4 Å². The Bertz CT molecular complexity index is 3370. The molecule has 0 saturated carbocycles. The van der Waals surface area contributed by atoms with Gasteiger partial charge in [0.1, 0.15) is 213 Å². The number of aromatic nitrogens is 1. The molecule has 120 heavy (non-hydrogen) atoms. The Hall–Kier alpha value is -5.26. The van der Waals surface area contributed by atoms with Crippen LogP contribution in [0.15, 0.2) is 24.4 Å². The average Bonchev–Trinajstić information content (AvgIpc) is 0.758. The molecule has 44 atom stereocenters. The number of amides is 5. The van der Waals surface area contributed by atoms with E-state index in [-0.39, 0.29) is 5.82 Å². The summed E-state index contributed by atoms with van der Waals surface area (Å²) in [6.45, 7) is -3.51. The summed E-state index contributed by atoms with van der Waals surface area (Å²) in [4.78, 5) is 69.0. The molecule has 8 saturated heterocycles. The van der Waals surface area contributed by atoms with Crippen molar-refractivity contribution in [3.8, 4) is 0 Å². The van der Waals surface area contributed by atoms with Crippen LogP contribution in [0, 0.1) is 0 Å². The minimum Gasteiger partial charge on any atom is -0.394 e. The van der Waals surface area contributed by atoms with E-state index in [0.29, 0.717) is 0 Å². The molecule has 9 heterocycles. The van der Waals surface area contributed by atoms with E-state index in [2.05, 4.69) is 36.9 Å². The van der Waals surface area contributed by atoms with E-state index in [9.17, 15) is 141 Å². The number of carbonyl (C=O) groups is 5. The summed E-state index contributed by atoms with van der Waals surface area (Å²) in [7, 11) is 0. The van der Waals surface area contributed by atoms with Gasteiger partial charge >= 0.3 is 0 Å². The fraction of sp³-hybridized carbons (Fsp3) is 0.855. The maximum Gasteiger partial charge on any atom is 0.217 e. The van der Waals surface area contributed by atoms with Crippen molar-refractivity contribution >= 4 is 35.4 Å². The van der Waals surface area contributed by atoms with Crippen molar-refractivity contribution in [3.63, 3.8) is 0 Å². The summed E-state index contributed by atoms with van der Waals surface area (Å²) in [5.74, 6) is -4.37. The molecular formula is C69H113N7O44. The van der Waals surface area contributed by atoms with Crippen LogP contribution >= 0.6 is 0 Å². The smallest absolute Gasteiger partial charge is 0.217 e. The third-order valence-corrected chi connectivity index (χ3v) is 21.3. The Morgan fingerprint density at radius 2 is 0.783 bits per heavy atom. The number of rotatable bonds is 35. The van der Waals surface area contributed by atoms with Gasteiger partial charge in [-0.1, -0.05) is 6.07 Å². The van der Waals surface area contributed by atoms with Crippen molar-refractivity contribution in [2.24, 2.45) is 0 Å². The molecule has 0 aliphatic carbocycles. The third kappa shape index (κ3) is 23.3. The van der Waals surface area contributed by atoms with Crippen LogP contribution in [0.2, 0.25) is 0 Å². The van der Waals surface area contributed by atoms with Gasteiger partial charge in [-0.05, 0) is 19.1 Å². The molecule has 8 aliphatic heterocycles. The normalized spacial score (nSPS) is 43.5. The Balaban J connectivity index is 1.17. The van der Waals surface area contributed by atoms with Gasteiger partial charge in [-0.3, -0.25) is 24.0 Å². The first-order valence-electron chi connectivity index (χ1n) is 38.4. The predicted molar refractivity (Wildman–Crippen MR) is 381 cm³/mol. The maximum atomic E-state index is 13.5. The number of hydrogen-bond acceptors (Lipinski definition) is 46. The van der Waals surface area contributed by atoms with E-state index in [0.717, 1.165) is 34.6 Å². The Labute approximate surface area is 682 Å². The molecule has 8 fully saturated rings. The van der Waals surface area contributed by atoms with Crippen molar-refractivity contribution in [3.05, 3.63) is 24.4 Å². The number of nitrogens with one attached hydrogen (secondary N) is 6. The lowest BCUT2D eigenvalue weighted by molar-refractivity contribution is -0.407. The summed E-state index contributed by atoms with van der Waals surface area (Å²) >= 11 is 0. The van der Waals surface area contributed by atoms with Crippen LogP contribution in [0.25, 0.3) is 0 Å². The lowest BCUT2D eigenvalue weighted by atomic mass is 9.93. The third-order valence-electron chi connectivity index (χ3n) is 21.3. The molecule has 9 rings (SSSR count). The summed E-state index contributed by atoms with van der Waals surface area (Å²) in [6.07, 6.45) is -81.7. The monoisotopic (exact) mass is 1740 g/mol. The molecule has 5 amide bonds. The summed E-state index contributed by atoms with van der Waals surface area (Å²) < 4.78 is 98.2. The predicted octanol–water partition coefficient (Wildman–Crippen LogP) is -17.7. The number of aliphatic hydroxyl groups is 23. The van der Waals surface area contributed by atoms with Crippen LogP contribution in [0.1, 0.15) is 41.5 Å². The highest BCUT2D eigenvalue weighted by Crippen LogP contribution is 2.40. The lowest BCUT2D eigenvalue weighted by Gasteiger charge is -2.52. The molecule has 51 nitrogen and oxygen atoms in total. The van der Waals surface area contributed by atoms with E-state index >= 15 is 0 Å². The van der Waals surface area contributed by atoms with Crippen molar-refractivity contribution in [2.75, 3.05) is 64.7 Å². The molecule has 8 aliphatic rings. The zero-order chi connectivity index (χ0) is 88.3. The molecule has 0 spiro atoms. The lowest BCUT2D eigenvalue weighted by Crippen LogP contribution is -2.71. The van der Waals surface area contributed by atoms with Crippen LogP contribution in [-0.2, 0) is 99.8 Å². The molecule has 0 radical (unpaired) electrons. The highest BCUT2D eigenvalue weighted by atomic mass is 16.8. The van der Waals surface area contributed by atoms with Crippen LogP contribution in [-0.4, -0.2) is 481 Å². The number of hydrogen-bond donors (Lipinski definition) is 29. The Kier molecular flexibility index (Phi) is 36.3. The molecule has 688 valence electrons. The highest BCUT2D eigenvalue weighted by molar-refractivity contribution is 5.75. The van der Waals surface area contributed by atoms with E-state index in [1.807, 2.05) is 0 Å². The van der Waals surface area contributed by atoms with Gasteiger partial charge in [-0.15, -0.1) is 0 Å². The summed E-state index contributed by atoms with van der Waals surface area (Å²) in [6, 6.07) is -4.63. The largest absolute Gasteiger partial charge is 0.394 e. The molecule has 0 aromatic carbocycles. The summed E-state index contributed by atoms with van der Waals surface area (Å²) in [5, 5.41) is 276. The van der Waals surface area contributed by atoms with Crippen LogP contribution < -0.4 is 31.9 Å².